The van der Waals surface area contributed by atoms with Gasteiger partial charge in [-0.15, -0.1) is 0 Å². The van der Waals surface area contributed by atoms with Crippen LogP contribution in [-0.2, 0) is 0 Å². The molecule has 0 aliphatic carbocycles. The van der Waals surface area contributed by atoms with Crippen LogP contribution in [0.2, 0.25) is 0 Å². The standard InChI is InChI=1S/C22H19N5O/c1-15-9-11-17(12-10-15)24-22(21-25-19-7-2-3-8-20(19)26-21)27-23-14-16-5-4-6-18(28)13-16/h2-14,28H,1H3,(H,24,27)(H,25,26)/b23-14+. The third-order valence-electron chi connectivity index (χ3n) is 4.14. The molecule has 0 fully saturated rings. The number of rotatable bonds is 4. The number of aromatic amines is 1. The van der Waals surface area contributed by atoms with Crippen LogP contribution in [0.3, 0.4) is 0 Å². The van der Waals surface area contributed by atoms with E-state index >= 15 is 0 Å². The fraction of sp³-hybridized carbons (Fsp3) is 0.0455. The molecule has 0 amide bonds. The number of amidine groups is 1. The second-order valence-corrected chi connectivity index (χ2v) is 6.36. The highest BCUT2D eigenvalue weighted by molar-refractivity contribution is 6.00. The molecule has 1 heterocycles. The summed E-state index contributed by atoms with van der Waals surface area (Å²) in [6.07, 6.45) is 1.62. The summed E-state index contributed by atoms with van der Waals surface area (Å²) >= 11 is 0. The molecule has 4 aromatic rings. The van der Waals surface area contributed by atoms with Gasteiger partial charge in [0.1, 0.15) is 5.75 Å². The SMILES string of the molecule is Cc1ccc(N=C(N/N=C/c2cccc(O)c2)c2nc3ccccc3[nH]2)cc1. The molecule has 28 heavy (non-hydrogen) atoms. The van der Waals surface area contributed by atoms with Crippen LogP contribution in [0.1, 0.15) is 17.0 Å². The van der Waals surface area contributed by atoms with Crippen LogP contribution in [0.4, 0.5) is 5.69 Å². The van der Waals surface area contributed by atoms with E-state index < -0.39 is 0 Å². The molecule has 0 bridgehead atoms. The van der Waals surface area contributed by atoms with Crippen molar-refractivity contribution in [3.8, 4) is 5.75 Å². The summed E-state index contributed by atoms with van der Waals surface area (Å²) in [6.45, 7) is 2.03. The average Bonchev–Trinajstić information content (AvgIpc) is 3.13. The van der Waals surface area contributed by atoms with Gasteiger partial charge in [-0.3, -0.25) is 5.43 Å². The zero-order chi connectivity index (χ0) is 19.3. The highest BCUT2D eigenvalue weighted by Crippen LogP contribution is 2.16. The molecule has 0 radical (unpaired) electrons. The molecule has 0 saturated heterocycles. The second kappa shape index (κ2) is 7.75. The molecule has 0 aliphatic rings. The van der Waals surface area contributed by atoms with Crippen LogP contribution in [0.25, 0.3) is 11.0 Å². The maximum atomic E-state index is 9.58. The number of imidazole rings is 1. The molecule has 6 nitrogen and oxygen atoms in total. The molecular formula is C22H19N5O. The van der Waals surface area contributed by atoms with Gasteiger partial charge < -0.3 is 10.1 Å². The van der Waals surface area contributed by atoms with E-state index in [1.54, 1.807) is 24.4 Å². The van der Waals surface area contributed by atoms with Crippen molar-refractivity contribution in [3.05, 3.63) is 89.7 Å². The van der Waals surface area contributed by atoms with Crippen LogP contribution in [-0.4, -0.2) is 27.1 Å². The van der Waals surface area contributed by atoms with E-state index in [2.05, 4.69) is 25.5 Å². The summed E-state index contributed by atoms with van der Waals surface area (Å²) < 4.78 is 0. The van der Waals surface area contributed by atoms with E-state index in [0.29, 0.717) is 11.7 Å². The quantitative estimate of drug-likeness (QED) is 0.285. The number of hydrazone groups is 1. The number of hydrogen-bond acceptors (Lipinski definition) is 4. The van der Waals surface area contributed by atoms with Crippen LogP contribution in [0, 0.1) is 6.92 Å². The Labute approximate surface area is 162 Å². The first-order valence-corrected chi connectivity index (χ1v) is 8.86. The fourth-order valence-corrected chi connectivity index (χ4v) is 2.72. The Morgan fingerprint density at radius 2 is 1.86 bits per heavy atom. The number of H-pyrrole nitrogens is 1. The van der Waals surface area contributed by atoms with Gasteiger partial charge in [0.15, 0.2) is 11.7 Å². The number of aliphatic imine (C=N–C) groups is 1. The topological polar surface area (TPSA) is 85.7 Å². The minimum atomic E-state index is 0.190. The van der Waals surface area contributed by atoms with Crippen LogP contribution in [0.15, 0.2) is 82.9 Å². The van der Waals surface area contributed by atoms with Gasteiger partial charge in [-0.25, -0.2) is 9.98 Å². The van der Waals surface area contributed by atoms with Crippen molar-refractivity contribution in [2.24, 2.45) is 10.1 Å². The Hall–Kier alpha value is -3.93. The van der Waals surface area contributed by atoms with Gasteiger partial charge >= 0.3 is 0 Å². The number of para-hydroxylation sites is 2. The van der Waals surface area contributed by atoms with Crippen molar-refractivity contribution in [3.63, 3.8) is 0 Å². The molecule has 3 N–H and O–H groups in total. The van der Waals surface area contributed by atoms with E-state index in [9.17, 15) is 5.11 Å². The van der Waals surface area contributed by atoms with Crippen molar-refractivity contribution in [2.75, 3.05) is 0 Å². The summed E-state index contributed by atoms with van der Waals surface area (Å²) in [4.78, 5) is 12.5. The monoisotopic (exact) mass is 369 g/mol. The number of phenolic OH excluding ortho intramolecular Hbond substituents is 1. The molecule has 0 saturated carbocycles. The lowest BCUT2D eigenvalue weighted by molar-refractivity contribution is 0.475. The molecule has 4 rings (SSSR count). The maximum absolute atomic E-state index is 9.58. The molecule has 0 unspecified atom stereocenters. The van der Waals surface area contributed by atoms with E-state index in [0.717, 1.165) is 22.3 Å². The zero-order valence-electron chi connectivity index (χ0n) is 15.3. The summed E-state index contributed by atoms with van der Waals surface area (Å²) in [7, 11) is 0. The third-order valence-corrected chi connectivity index (χ3v) is 4.14. The van der Waals surface area contributed by atoms with Crippen LogP contribution >= 0.6 is 0 Å². The normalized spacial score (nSPS) is 12.0. The van der Waals surface area contributed by atoms with Gasteiger partial charge in [-0.1, -0.05) is 42.0 Å². The van der Waals surface area contributed by atoms with Crippen molar-refractivity contribution in [1.29, 1.82) is 0 Å². The highest BCUT2D eigenvalue weighted by Gasteiger charge is 2.09. The Morgan fingerprint density at radius 1 is 1.04 bits per heavy atom. The number of nitrogens with one attached hydrogen (secondary N) is 2. The van der Waals surface area contributed by atoms with Gasteiger partial charge in [-0.2, -0.15) is 5.10 Å². The molecule has 138 valence electrons. The van der Waals surface area contributed by atoms with Gasteiger partial charge in [0.2, 0.25) is 0 Å². The Kier molecular flexibility index (Phi) is 4.84. The van der Waals surface area contributed by atoms with Gasteiger partial charge in [0.05, 0.1) is 22.9 Å². The Morgan fingerprint density at radius 3 is 2.64 bits per heavy atom. The number of aromatic nitrogens is 2. The lowest BCUT2D eigenvalue weighted by Gasteiger charge is -2.04. The molecule has 0 aliphatic heterocycles. The second-order valence-electron chi connectivity index (χ2n) is 6.36. The minimum absolute atomic E-state index is 0.190. The largest absolute Gasteiger partial charge is 0.508 e. The lowest BCUT2D eigenvalue weighted by Crippen LogP contribution is -2.20. The first kappa shape index (κ1) is 17.5. The molecule has 0 spiro atoms. The predicted molar refractivity (Wildman–Crippen MR) is 112 cm³/mol. The molecular weight excluding hydrogens is 350 g/mol. The van der Waals surface area contributed by atoms with E-state index in [1.165, 1.54) is 5.56 Å². The highest BCUT2D eigenvalue weighted by atomic mass is 16.3. The number of phenols is 1. The van der Waals surface area contributed by atoms with Crippen molar-refractivity contribution in [2.45, 2.75) is 6.92 Å². The summed E-state index contributed by atoms with van der Waals surface area (Å²) in [5.41, 5.74) is 7.48. The van der Waals surface area contributed by atoms with Crippen molar-refractivity contribution in [1.82, 2.24) is 15.4 Å². The Bertz CT molecular complexity index is 1130. The van der Waals surface area contributed by atoms with Gasteiger partial charge in [-0.05, 0) is 48.9 Å². The summed E-state index contributed by atoms with van der Waals surface area (Å²) in [5, 5.41) is 13.8. The minimum Gasteiger partial charge on any atom is -0.508 e. The number of aromatic hydroxyl groups is 1. The predicted octanol–water partition coefficient (Wildman–Crippen LogP) is 4.28. The lowest BCUT2D eigenvalue weighted by atomic mass is 10.2. The molecule has 1 aromatic heterocycles. The van der Waals surface area contributed by atoms with Crippen LogP contribution < -0.4 is 5.43 Å². The zero-order valence-corrected chi connectivity index (χ0v) is 15.3. The Balaban J connectivity index is 1.67. The number of nitrogens with zero attached hydrogens (tertiary/aromatic N) is 3. The number of fused-ring (bicyclic) bond motifs is 1. The van der Waals surface area contributed by atoms with E-state index in [-0.39, 0.29) is 5.75 Å². The fourth-order valence-electron chi connectivity index (χ4n) is 2.72. The summed E-state index contributed by atoms with van der Waals surface area (Å²) in [6, 6.07) is 22.5. The smallest absolute Gasteiger partial charge is 0.190 e. The molecule has 3 aromatic carbocycles. The van der Waals surface area contributed by atoms with Gasteiger partial charge in [0.25, 0.3) is 0 Å². The summed E-state index contributed by atoms with van der Waals surface area (Å²) in [5.74, 6) is 1.28. The van der Waals surface area contributed by atoms with Gasteiger partial charge in [0, 0.05) is 0 Å². The molecule has 0 atom stereocenters. The first-order valence-electron chi connectivity index (χ1n) is 8.86. The van der Waals surface area contributed by atoms with E-state index in [4.69, 9.17) is 0 Å². The average molecular weight is 369 g/mol. The number of aryl methyl sites for hydroxylation is 1. The third kappa shape index (κ3) is 4.07. The van der Waals surface area contributed by atoms with Crippen LogP contribution in [0.5, 0.6) is 5.75 Å². The van der Waals surface area contributed by atoms with Crippen molar-refractivity contribution >= 4 is 28.8 Å². The number of hydrogen-bond donors (Lipinski definition) is 3. The van der Waals surface area contributed by atoms with E-state index in [1.807, 2.05) is 61.5 Å². The number of benzene rings is 3. The first-order chi connectivity index (χ1) is 13.7. The van der Waals surface area contributed by atoms with Crippen molar-refractivity contribution < 1.29 is 5.11 Å². The maximum Gasteiger partial charge on any atom is 0.190 e. The molecule has 6 heteroatoms.